The lowest BCUT2D eigenvalue weighted by Gasteiger charge is -2.05. The summed E-state index contributed by atoms with van der Waals surface area (Å²) in [5, 5.41) is 14.5. The number of fused-ring (bicyclic) bond motifs is 3. The molecule has 1 N–H and O–H groups in total. The lowest BCUT2D eigenvalue weighted by molar-refractivity contribution is 0.101. The molecule has 0 saturated carbocycles. The molecule has 0 fully saturated rings. The van der Waals surface area contributed by atoms with Gasteiger partial charge in [-0.1, -0.05) is 35.5 Å². The molecule has 0 amide bonds. The van der Waals surface area contributed by atoms with Gasteiger partial charge in [-0.15, -0.1) is 0 Å². The number of oxime groups is 1. The van der Waals surface area contributed by atoms with Gasteiger partial charge in [-0.05, 0) is 26.0 Å². The van der Waals surface area contributed by atoms with E-state index < -0.39 is 0 Å². The van der Waals surface area contributed by atoms with Gasteiger partial charge in [-0.25, -0.2) is 0 Å². The molecular weight excluding hydrogens is 252 g/mol. The molecule has 4 nitrogen and oxygen atoms in total. The van der Waals surface area contributed by atoms with Crippen LogP contribution in [-0.4, -0.2) is 21.4 Å². The lowest BCUT2D eigenvalue weighted by atomic mass is 10.1. The predicted octanol–water partition coefficient (Wildman–Crippen LogP) is 3.65. The molecule has 0 aliphatic carbocycles. The van der Waals surface area contributed by atoms with Crippen molar-refractivity contribution in [3.05, 3.63) is 48.0 Å². The summed E-state index contributed by atoms with van der Waals surface area (Å²) in [6.07, 6.45) is 0. The highest BCUT2D eigenvalue weighted by Gasteiger charge is 2.13. The van der Waals surface area contributed by atoms with Gasteiger partial charge in [-0.3, -0.25) is 9.36 Å². The molecule has 0 aliphatic heterocycles. The summed E-state index contributed by atoms with van der Waals surface area (Å²) in [5.41, 5.74) is 2.47. The fourth-order valence-electron chi connectivity index (χ4n) is 2.58. The number of carbonyl (C=O) groups excluding carboxylic acids is 1. The van der Waals surface area contributed by atoms with E-state index in [2.05, 4.69) is 5.16 Å². The number of hydrogen-bond acceptors (Lipinski definition) is 3. The minimum atomic E-state index is 0.0160. The maximum Gasteiger partial charge on any atom is 0.159 e. The highest BCUT2D eigenvalue weighted by molar-refractivity contribution is 6.15. The number of aromatic nitrogens is 1. The average molecular weight is 266 g/mol. The van der Waals surface area contributed by atoms with E-state index in [0.717, 1.165) is 21.8 Å². The van der Waals surface area contributed by atoms with Gasteiger partial charge in [0.15, 0.2) is 5.78 Å². The lowest BCUT2D eigenvalue weighted by Crippen LogP contribution is -2.07. The van der Waals surface area contributed by atoms with Crippen LogP contribution in [0.4, 0.5) is 0 Å². The Morgan fingerprint density at radius 2 is 1.75 bits per heavy atom. The first-order chi connectivity index (χ1) is 9.63. The highest BCUT2D eigenvalue weighted by atomic mass is 16.4. The zero-order chi connectivity index (χ0) is 14.3. The molecule has 1 aromatic heterocycles. The van der Waals surface area contributed by atoms with Crippen molar-refractivity contribution in [1.82, 2.24) is 4.57 Å². The second kappa shape index (κ2) is 4.49. The Labute approximate surface area is 115 Å². The van der Waals surface area contributed by atoms with E-state index in [0.29, 0.717) is 11.4 Å². The van der Waals surface area contributed by atoms with Crippen LogP contribution < -0.4 is 0 Å². The molecule has 3 rings (SSSR count). The summed E-state index contributed by atoms with van der Waals surface area (Å²) in [5.74, 6) is 0.485. The molecule has 3 aromatic rings. The van der Waals surface area contributed by atoms with Crippen LogP contribution in [0.25, 0.3) is 21.8 Å². The molecule has 0 bridgehead atoms. The van der Waals surface area contributed by atoms with E-state index in [9.17, 15) is 4.79 Å². The molecule has 4 heteroatoms. The van der Waals surface area contributed by atoms with Crippen LogP contribution in [0.2, 0.25) is 0 Å². The first kappa shape index (κ1) is 12.4. The molecule has 0 saturated heterocycles. The van der Waals surface area contributed by atoms with Gasteiger partial charge in [0.2, 0.25) is 0 Å². The molecule has 1 heterocycles. The summed E-state index contributed by atoms with van der Waals surface area (Å²) in [6, 6.07) is 13.5. The fourth-order valence-corrected chi connectivity index (χ4v) is 2.58. The van der Waals surface area contributed by atoms with Gasteiger partial charge in [-0.2, -0.15) is 0 Å². The van der Waals surface area contributed by atoms with Gasteiger partial charge >= 0.3 is 0 Å². The van der Waals surface area contributed by atoms with Crippen LogP contribution in [0.5, 0.6) is 0 Å². The van der Waals surface area contributed by atoms with Gasteiger partial charge in [0.1, 0.15) is 5.84 Å². The molecular formula is C16H14N2O2. The summed E-state index contributed by atoms with van der Waals surface area (Å²) in [6.45, 7) is 3.27. The molecule has 0 aliphatic rings. The normalized spacial score (nSPS) is 12.2. The molecule has 0 atom stereocenters. The van der Waals surface area contributed by atoms with Crippen molar-refractivity contribution in [1.29, 1.82) is 0 Å². The van der Waals surface area contributed by atoms with Crippen molar-refractivity contribution in [2.45, 2.75) is 13.8 Å². The van der Waals surface area contributed by atoms with Crippen molar-refractivity contribution in [2.75, 3.05) is 0 Å². The van der Waals surface area contributed by atoms with E-state index in [-0.39, 0.29) is 5.78 Å². The topological polar surface area (TPSA) is 54.6 Å². The Kier molecular flexibility index (Phi) is 2.79. The second-order valence-electron chi connectivity index (χ2n) is 4.79. The third-order valence-corrected chi connectivity index (χ3v) is 3.55. The molecule has 0 radical (unpaired) electrons. The third-order valence-electron chi connectivity index (χ3n) is 3.55. The van der Waals surface area contributed by atoms with E-state index in [1.54, 1.807) is 13.8 Å². The van der Waals surface area contributed by atoms with Crippen molar-refractivity contribution in [3.8, 4) is 0 Å². The van der Waals surface area contributed by atoms with Crippen LogP contribution in [0.3, 0.4) is 0 Å². The number of hydrogen-bond donors (Lipinski definition) is 1. The largest absolute Gasteiger partial charge is 0.409 e. The van der Waals surface area contributed by atoms with E-state index in [1.807, 2.05) is 47.0 Å². The van der Waals surface area contributed by atoms with E-state index in [4.69, 9.17) is 5.21 Å². The SMILES string of the molecule is CC(=O)c1ccc2c3ccccc3n(C(C)=NO)c2c1. The number of carbonyl (C=O) groups is 1. The fraction of sp³-hybridized carbons (Fsp3) is 0.125. The highest BCUT2D eigenvalue weighted by Crippen LogP contribution is 2.29. The molecule has 2 aromatic carbocycles. The first-order valence-corrected chi connectivity index (χ1v) is 6.36. The zero-order valence-electron chi connectivity index (χ0n) is 11.3. The van der Waals surface area contributed by atoms with Crippen molar-refractivity contribution in [2.24, 2.45) is 5.16 Å². The molecule has 100 valence electrons. The Morgan fingerprint density at radius 1 is 1.05 bits per heavy atom. The van der Waals surface area contributed by atoms with Crippen molar-refractivity contribution in [3.63, 3.8) is 0 Å². The third kappa shape index (κ3) is 1.69. The number of benzene rings is 2. The average Bonchev–Trinajstić information content (AvgIpc) is 2.80. The maximum atomic E-state index is 11.6. The van der Waals surface area contributed by atoms with Crippen LogP contribution in [0, 0.1) is 0 Å². The van der Waals surface area contributed by atoms with E-state index in [1.165, 1.54) is 0 Å². The summed E-state index contributed by atoms with van der Waals surface area (Å²) < 4.78 is 1.86. The number of rotatable bonds is 1. The summed E-state index contributed by atoms with van der Waals surface area (Å²) in [7, 11) is 0. The second-order valence-corrected chi connectivity index (χ2v) is 4.79. The van der Waals surface area contributed by atoms with E-state index >= 15 is 0 Å². The van der Waals surface area contributed by atoms with Gasteiger partial charge in [0, 0.05) is 16.3 Å². The number of ketones is 1. The summed E-state index contributed by atoms with van der Waals surface area (Å²) in [4.78, 5) is 11.6. The van der Waals surface area contributed by atoms with Crippen LogP contribution in [-0.2, 0) is 0 Å². The smallest absolute Gasteiger partial charge is 0.159 e. The standard InChI is InChI=1S/C16H14N2O2/c1-10(19)12-7-8-14-13-5-3-4-6-15(13)18(11(2)17-20)16(14)9-12/h3-9,20H,1-2H3. The summed E-state index contributed by atoms with van der Waals surface area (Å²) >= 11 is 0. The van der Waals surface area contributed by atoms with Crippen molar-refractivity contribution < 1.29 is 10.0 Å². The van der Waals surface area contributed by atoms with Crippen LogP contribution in [0.1, 0.15) is 24.2 Å². The minimum Gasteiger partial charge on any atom is -0.409 e. The Hall–Kier alpha value is -2.62. The van der Waals surface area contributed by atoms with Gasteiger partial charge < -0.3 is 5.21 Å². The van der Waals surface area contributed by atoms with Crippen LogP contribution >= 0.6 is 0 Å². The monoisotopic (exact) mass is 266 g/mol. The first-order valence-electron chi connectivity index (χ1n) is 6.36. The van der Waals surface area contributed by atoms with Crippen molar-refractivity contribution >= 4 is 33.4 Å². The number of Topliss-reactive ketones (excluding diaryl/α,β-unsaturated/α-hetero) is 1. The Bertz CT molecular complexity index is 859. The number of nitrogens with zero attached hydrogens (tertiary/aromatic N) is 2. The quantitative estimate of drug-likeness (QED) is 0.240. The van der Waals surface area contributed by atoms with Crippen LogP contribution in [0.15, 0.2) is 47.6 Å². The minimum absolute atomic E-state index is 0.0160. The molecule has 20 heavy (non-hydrogen) atoms. The molecule has 0 unspecified atom stereocenters. The van der Waals surface area contributed by atoms with Gasteiger partial charge in [0.25, 0.3) is 0 Å². The number of para-hydroxylation sites is 1. The maximum absolute atomic E-state index is 11.6. The Morgan fingerprint density at radius 3 is 2.45 bits per heavy atom. The molecule has 0 spiro atoms. The predicted molar refractivity (Wildman–Crippen MR) is 79.7 cm³/mol. The zero-order valence-corrected chi connectivity index (χ0v) is 11.3. The van der Waals surface area contributed by atoms with Gasteiger partial charge in [0.05, 0.1) is 11.0 Å². The Balaban J connectivity index is 2.52.